The van der Waals surface area contributed by atoms with Gasteiger partial charge in [-0.05, 0) is 73.9 Å². The number of pyridine rings is 1. The van der Waals surface area contributed by atoms with E-state index in [0.29, 0.717) is 24.3 Å². The lowest BCUT2D eigenvalue weighted by atomic mass is 9.77. The molecule has 1 aromatic heterocycles. The Balaban J connectivity index is 0.980. The van der Waals surface area contributed by atoms with Crippen LogP contribution in [-0.2, 0) is 16.0 Å². The SMILES string of the molecule is NC(=O)C1(OC(=O)c2ccc(-c3ccccc3)cc2)CCC(CCN2CCN(c3nccc4c3CCO4)CC2)CC1. The zero-order chi connectivity index (χ0) is 28.2. The second-order valence-corrected chi connectivity index (χ2v) is 11.5. The van der Waals surface area contributed by atoms with Crippen LogP contribution in [0.2, 0.25) is 0 Å². The molecule has 214 valence electrons. The van der Waals surface area contributed by atoms with E-state index in [-0.39, 0.29) is 0 Å². The molecule has 2 aromatic carbocycles. The number of piperazine rings is 1. The smallest absolute Gasteiger partial charge is 0.339 e. The quantitative estimate of drug-likeness (QED) is 0.411. The van der Waals surface area contributed by atoms with Crippen molar-refractivity contribution < 1.29 is 19.1 Å². The van der Waals surface area contributed by atoms with Crippen molar-refractivity contribution in [3.8, 4) is 16.9 Å². The summed E-state index contributed by atoms with van der Waals surface area (Å²) in [6.45, 7) is 5.70. The lowest BCUT2D eigenvalue weighted by Gasteiger charge is -2.39. The minimum absolute atomic E-state index is 0.426. The number of carbonyl (C=O) groups is 2. The minimum atomic E-state index is -1.23. The molecule has 1 aliphatic carbocycles. The highest BCUT2D eigenvalue weighted by Crippen LogP contribution is 2.37. The maximum Gasteiger partial charge on any atom is 0.339 e. The molecule has 41 heavy (non-hydrogen) atoms. The van der Waals surface area contributed by atoms with Crippen molar-refractivity contribution in [2.75, 3.05) is 44.2 Å². The van der Waals surface area contributed by atoms with Gasteiger partial charge in [0.1, 0.15) is 11.6 Å². The van der Waals surface area contributed by atoms with Gasteiger partial charge in [-0.25, -0.2) is 9.78 Å². The van der Waals surface area contributed by atoms with Crippen LogP contribution in [0.15, 0.2) is 66.9 Å². The second kappa shape index (κ2) is 11.9. The van der Waals surface area contributed by atoms with Gasteiger partial charge in [0.2, 0.25) is 0 Å². The van der Waals surface area contributed by atoms with Gasteiger partial charge in [-0.1, -0.05) is 42.5 Å². The molecule has 3 aliphatic rings. The maximum absolute atomic E-state index is 13.0. The number of aromatic nitrogens is 1. The average Bonchev–Trinajstić information content (AvgIpc) is 3.51. The molecule has 0 atom stereocenters. The van der Waals surface area contributed by atoms with Crippen LogP contribution < -0.4 is 15.4 Å². The summed E-state index contributed by atoms with van der Waals surface area (Å²) in [5.41, 5.74) is 8.35. The Hall–Kier alpha value is -3.91. The number of amides is 1. The summed E-state index contributed by atoms with van der Waals surface area (Å²) in [6.07, 6.45) is 6.44. The summed E-state index contributed by atoms with van der Waals surface area (Å²) < 4.78 is 11.6. The predicted octanol–water partition coefficient (Wildman–Crippen LogP) is 4.47. The van der Waals surface area contributed by atoms with Crippen LogP contribution in [0, 0.1) is 5.92 Å². The second-order valence-electron chi connectivity index (χ2n) is 11.5. The van der Waals surface area contributed by atoms with Crippen molar-refractivity contribution in [3.63, 3.8) is 0 Å². The van der Waals surface area contributed by atoms with E-state index in [2.05, 4.69) is 14.8 Å². The first-order valence-electron chi connectivity index (χ1n) is 14.8. The Labute approximate surface area is 241 Å². The van der Waals surface area contributed by atoms with E-state index in [1.54, 1.807) is 12.1 Å². The van der Waals surface area contributed by atoms with E-state index in [1.165, 1.54) is 5.56 Å². The summed E-state index contributed by atoms with van der Waals surface area (Å²) in [6, 6.07) is 19.2. The fourth-order valence-electron chi connectivity index (χ4n) is 6.42. The number of hydrogen-bond donors (Lipinski definition) is 1. The highest BCUT2D eigenvalue weighted by atomic mass is 16.6. The first kappa shape index (κ1) is 27.3. The molecule has 3 aromatic rings. The number of nitrogens with two attached hydrogens (primary N) is 1. The Morgan fingerprint density at radius 1 is 0.951 bits per heavy atom. The van der Waals surface area contributed by atoms with Gasteiger partial charge in [-0.3, -0.25) is 9.69 Å². The van der Waals surface area contributed by atoms with Crippen molar-refractivity contribution in [1.82, 2.24) is 9.88 Å². The molecule has 0 unspecified atom stereocenters. The first-order chi connectivity index (χ1) is 20.0. The monoisotopic (exact) mass is 554 g/mol. The lowest BCUT2D eigenvalue weighted by Crippen LogP contribution is -2.50. The number of esters is 1. The summed E-state index contributed by atoms with van der Waals surface area (Å²) in [4.78, 5) is 35.1. The van der Waals surface area contributed by atoms with Crippen LogP contribution in [0.4, 0.5) is 5.82 Å². The van der Waals surface area contributed by atoms with Crippen LogP contribution in [0.1, 0.15) is 48.0 Å². The summed E-state index contributed by atoms with van der Waals surface area (Å²) in [5.74, 6) is 1.50. The van der Waals surface area contributed by atoms with E-state index in [4.69, 9.17) is 15.2 Å². The predicted molar refractivity (Wildman–Crippen MR) is 158 cm³/mol. The van der Waals surface area contributed by atoms with Crippen LogP contribution in [0.25, 0.3) is 11.1 Å². The molecule has 0 radical (unpaired) electrons. The van der Waals surface area contributed by atoms with Gasteiger partial charge in [-0.15, -0.1) is 0 Å². The van der Waals surface area contributed by atoms with Gasteiger partial charge in [0.05, 0.1) is 12.2 Å². The molecule has 2 N–H and O–H groups in total. The Bertz CT molecular complexity index is 1360. The normalized spacial score (nSPS) is 22.5. The standard InChI is InChI=1S/C33H38N4O4/c34-32(39)33(41-31(38)27-8-6-26(7-9-27)25-4-2-1-3-5-25)15-10-24(11-16-33)13-18-36-19-21-37(22-20-36)30-28-14-23-40-29(28)12-17-35-30/h1-9,12,17,24H,10-11,13-16,18-23H2,(H2,34,39). The third kappa shape index (κ3) is 5.93. The molecular formula is C33H38N4O4. The number of carbonyl (C=O) groups excluding carboxylic acids is 2. The van der Waals surface area contributed by atoms with Crippen molar-refractivity contribution >= 4 is 17.7 Å². The molecule has 0 spiro atoms. The molecule has 1 saturated carbocycles. The molecule has 6 rings (SSSR count). The van der Waals surface area contributed by atoms with Crippen molar-refractivity contribution in [1.29, 1.82) is 0 Å². The molecule has 3 heterocycles. The zero-order valence-electron chi connectivity index (χ0n) is 23.5. The van der Waals surface area contributed by atoms with Crippen molar-refractivity contribution in [3.05, 3.63) is 78.0 Å². The van der Waals surface area contributed by atoms with Gasteiger partial charge in [0, 0.05) is 44.4 Å². The summed E-state index contributed by atoms with van der Waals surface area (Å²) in [7, 11) is 0. The van der Waals surface area contributed by atoms with Crippen molar-refractivity contribution in [2.45, 2.75) is 44.1 Å². The maximum atomic E-state index is 13.0. The largest absolute Gasteiger partial charge is 0.493 e. The fraction of sp³-hybridized carbons (Fsp3) is 0.424. The molecule has 1 amide bonds. The number of anilines is 1. The number of ether oxygens (including phenoxy) is 2. The van der Waals surface area contributed by atoms with E-state index < -0.39 is 17.5 Å². The zero-order valence-corrected chi connectivity index (χ0v) is 23.5. The molecule has 8 heteroatoms. The van der Waals surface area contributed by atoms with Gasteiger partial charge in [0.25, 0.3) is 5.91 Å². The number of nitrogens with zero attached hydrogens (tertiary/aromatic N) is 3. The van der Waals surface area contributed by atoms with Crippen LogP contribution >= 0.6 is 0 Å². The van der Waals surface area contributed by atoms with Crippen LogP contribution in [0.5, 0.6) is 5.75 Å². The molecule has 2 fully saturated rings. The van der Waals surface area contributed by atoms with Gasteiger partial charge in [-0.2, -0.15) is 0 Å². The third-order valence-electron chi connectivity index (χ3n) is 9.00. The number of fused-ring (bicyclic) bond motifs is 1. The van der Waals surface area contributed by atoms with E-state index >= 15 is 0 Å². The number of rotatable bonds is 8. The van der Waals surface area contributed by atoms with E-state index in [9.17, 15) is 9.59 Å². The highest BCUT2D eigenvalue weighted by Gasteiger charge is 2.44. The molecule has 8 nitrogen and oxygen atoms in total. The van der Waals surface area contributed by atoms with Crippen molar-refractivity contribution in [2.24, 2.45) is 11.7 Å². The lowest BCUT2D eigenvalue weighted by molar-refractivity contribution is -0.142. The van der Waals surface area contributed by atoms with E-state index in [0.717, 1.165) is 87.7 Å². The molecule has 0 bridgehead atoms. The van der Waals surface area contributed by atoms with Crippen LogP contribution in [0.3, 0.4) is 0 Å². The van der Waals surface area contributed by atoms with E-state index in [1.807, 2.05) is 54.7 Å². The number of benzene rings is 2. The Morgan fingerprint density at radius 3 is 2.37 bits per heavy atom. The number of hydrogen-bond acceptors (Lipinski definition) is 7. The summed E-state index contributed by atoms with van der Waals surface area (Å²) in [5, 5.41) is 0. The summed E-state index contributed by atoms with van der Waals surface area (Å²) >= 11 is 0. The topological polar surface area (TPSA) is 98.0 Å². The third-order valence-corrected chi connectivity index (χ3v) is 9.00. The fourth-order valence-corrected chi connectivity index (χ4v) is 6.42. The Morgan fingerprint density at radius 2 is 1.66 bits per heavy atom. The van der Waals surface area contributed by atoms with Gasteiger partial charge in [0.15, 0.2) is 5.60 Å². The van der Waals surface area contributed by atoms with Gasteiger partial charge < -0.3 is 20.1 Å². The first-order valence-corrected chi connectivity index (χ1v) is 14.8. The highest BCUT2D eigenvalue weighted by molar-refractivity contribution is 5.94. The molecule has 2 aliphatic heterocycles. The number of primary amides is 1. The molecular weight excluding hydrogens is 516 g/mol. The van der Waals surface area contributed by atoms with Gasteiger partial charge >= 0.3 is 5.97 Å². The van der Waals surface area contributed by atoms with Crippen LogP contribution in [-0.4, -0.2) is 66.7 Å². The average molecular weight is 555 g/mol. The molecule has 1 saturated heterocycles. The Kier molecular flexibility index (Phi) is 7.92. The minimum Gasteiger partial charge on any atom is -0.493 e.